The minimum atomic E-state index is -0.238. The fraction of sp³-hybridized carbons (Fsp3) is 0.0400. The first-order valence-corrected chi connectivity index (χ1v) is 11.1. The summed E-state index contributed by atoms with van der Waals surface area (Å²) in [6.45, 7) is 0.587. The number of aliphatic imine (C=N–C) groups is 1. The zero-order valence-corrected chi connectivity index (χ0v) is 18.3. The molecule has 4 aromatic rings. The molecule has 0 spiro atoms. The highest BCUT2D eigenvalue weighted by Gasteiger charge is 2.23. The summed E-state index contributed by atoms with van der Waals surface area (Å²) in [5, 5.41) is 4.95. The third kappa shape index (κ3) is 4.47. The Labute approximate surface area is 193 Å². The second-order valence-corrected chi connectivity index (χ2v) is 8.82. The molecule has 1 amide bonds. The molecular formula is C25H17ClFN3OS. The molecule has 0 saturated carbocycles. The van der Waals surface area contributed by atoms with E-state index in [1.54, 1.807) is 24.3 Å². The lowest BCUT2D eigenvalue weighted by Crippen LogP contribution is -2.19. The first kappa shape index (κ1) is 20.5. The fourth-order valence-corrected chi connectivity index (χ4v) is 4.60. The summed E-state index contributed by atoms with van der Waals surface area (Å²) in [6, 6.07) is 21.8. The molecule has 1 fully saturated rings. The van der Waals surface area contributed by atoms with Gasteiger partial charge in [0, 0.05) is 28.7 Å². The van der Waals surface area contributed by atoms with E-state index in [0.29, 0.717) is 27.3 Å². The lowest BCUT2D eigenvalue weighted by Gasteiger charge is -2.06. The Morgan fingerprint density at radius 2 is 1.94 bits per heavy atom. The molecular weight excluding hydrogens is 445 g/mol. The number of amidine groups is 1. The third-order valence-electron chi connectivity index (χ3n) is 5.02. The van der Waals surface area contributed by atoms with E-state index in [-0.39, 0.29) is 11.7 Å². The highest BCUT2D eigenvalue weighted by Crippen LogP contribution is 2.29. The number of fused-ring (bicyclic) bond motifs is 1. The van der Waals surface area contributed by atoms with Crippen molar-refractivity contribution < 1.29 is 9.18 Å². The van der Waals surface area contributed by atoms with Gasteiger partial charge in [-0.25, -0.2) is 9.38 Å². The molecule has 0 unspecified atom stereocenters. The van der Waals surface area contributed by atoms with Gasteiger partial charge in [-0.05, 0) is 77.5 Å². The molecule has 158 valence electrons. The fourth-order valence-electron chi connectivity index (χ4n) is 3.57. The molecule has 1 aliphatic heterocycles. The van der Waals surface area contributed by atoms with Crippen molar-refractivity contribution in [3.8, 4) is 0 Å². The topological polar surface area (TPSA) is 46.4 Å². The summed E-state index contributed by atoms with van der Waals surface area (Å²) in [7, 11) is 0. The van der Waals surface area contributed by atoms with Crippen LogP contribution in [0.1, 0.15) is 11.1 Å². The maximum Gasteiger partial charge on any atom is 0.264 e. The summed E-state index contributed by atoms with van der Waals surface area (Å²) in [6.07, 6.45) is 3.84. The van der Waals surface area contributed by atoms with Crippen molar-refractivity contribution in [1.82, 2.24) is 9.88 Å². The van der Waals surface area contributed by atoms with Crippen LogP contribution in [-0.4, -0.2) is 15.6 Å². The van der Waals surface area contributed by atoms with Crippen molar-refractivity contribution in [2.24, 2.45) is 4.99 Å². The zero-order chi connectivity index (χ0) is 22.1. The van der Waals surface area contributed by atoms with E-state index in [9.17, 15) is 9.18 Å². The molecule has 7 heteroatoms. The van der Waals surface area contributed by atoms with Gasteiger partial charge in [0.2, 0.25) is 0 Å². The smallest absolute Gasteiger partial charge is 0.264 e. The molecule has 1 N–H and O–H groups in total. The van der Waals surface area contributed by atoms with E-state index in [1.165, 1.54) is 17.8 Å². The van der Waals surface area contributed by atoms with E-state index in [4.69, 9.17) is 11.6 Å². The normalized spacial score (nSPS) is 16.2. The number of aromatic nitrogens is 1. The lowest BCUT2D eigenvalue weighted by atomic mass is 10.1. The van der Waals surface area contributed by atoms with Crippen molar-refractivity contribution in [2.75, 3.05) is 0 Å². The van der Waals surface area contributed by atoms with Crippen molar-refractivity contribution in [2.45, 2.75) is 6.54 Å². The molecule has 1 aliphatic rings. The Morgan fingerprint density at radius 3 is 2.78 bits per heavy atom. The molecule has 1 aromatic heterocycles. The van der Waals surface area contributed by atoms with Gasteiger partial charge in [0.05, 0.1) is 10.6 Å². The van der Waals surface area contributed by atoms with Crippen molar-refractivity contribution >= 4 is 57.1 Å². The van der Waals surface area contributed by atoms with Gasteiger partial charge in [-0.15, -0.1) is 0 Å². The SMILES string of the molecule is O=C1NC(=Nc2cccc(Cl)c2)S/C1=C/c1ccc2c(ccn2Cc2cccc(F)c2)c1. The number of carbonyl (C=O) groups excluding carboxylic acids is 1. The first-order chi connectivity index (χ1) is 15.5. The van der Waals surface area contributed by atoms with E-state index < -0.39 is 0 Å². The Balaban J connectivity index is 1.37. The Hall–Kier alpha value is -3.35. The number of benzene rings is 3. The van der Waals surface area contributed by atoms with E-state index >= 15 is 0 Å². The highest BCUT2D eigenvalue weighted by molar-refractivity contribution is 8.18. The average molecular weight is 462 g/mol. The van der Waals surface area contributed by atoms with E-state index in [0.717, 1.165) is 22.0 Å². The standard InChI is InChI=1S/C25H17ClFN3OS/c26-19-4-2-6-21(14-19)28-25-29-24(31)23(32-25)13-16-7-8-22-18(11-16)9-10-30(22)15-17-3-1-5-20(27)12-17/h1-14H,15H2,(H,28,29,31)/b23-13+. The van der Waals surface area contributed by atoms with Gasteiger partial charge in [-0.3, -0.25) is 4.79 Å². The number of nitrogens with one attached hydrogen (secondary N) is 1. The molecule has 3 aromatic carbocycles. The van der Waals surface area contributed by atoms with Crippen LogP contribution in [0.4, 0.5) is 10.1 Å². The van der Waals surface area contributed by atoms with Gasteiger partial charge in [0.15, 0.2) is 5.17 Å². The summed E-state index contributed by atoms with van der Waals surface area (Å²) >= 11 is 7.30. The highest BCUT2D eigenvalue weighted by atomic mass is 35.5. The van der Waals surface area contributed by atoms with Crippen LogP contribution >= 0.6 is 23.4 Å². The van der Waals surface area contributed by atoms with Crippen molar-refractivity contribution in [1.29, 1.82) is 0 Å². The number of rotatable bonds is 4. The summed E-state index contributed by atoms with van der Waals surface area (Å²) in [5.74, 6) is -0.418. The minimum Gasteiger partial charge on any atom is -0.343 e. The summed E-state index contributed by atoms with van der Waals surface area (Å²) in [5.41, 5.74) is 3.55. The van der Waals surface area contributed by atoms with Crippen LogP contribution in [0.3, 0.4) is 0 Å². The number of thioether (sulfide) groups is 1. The first-order valence-electron chi connectivity index (χ1n) is 9.92. The predicted molar refractivity (Wildman–Crippen MR) is 130 cm³/mol. The Kier molecular flexibility index (Phi) is 5.55. The molecule has 1 saturated heterocycles. The molecule has 0 atom stereocenters. The van der Waals surface area contributed by atoms with Crippen molar-refractivity contribution in [3.63, 3.8) is 0 Å². The van der Waals surface area contributed by atoms with Crippen LogP contribution in [0.25, 0.3) is 17.0 Å². The second kappa shape index (κ2) is 8.65. The average Bonchev–Trinajstić information content (AvgIpc) is 3.31. The van der Waals surface area contributed by atoms with Gasteiger partial charge in [0.1, 0.15) is 5.82 Å². The van der Waals surface area contributed by atoms with Crippen LogP contribution < -0.4 is 5.32 Å². The second-order valence-electron chi connectivity index (χ2n) is 7.35. The van der Waals surface area contributed by atoms with E-state index in [1.807, 2.05) is 54.7 Å². The number of carbonyl (C=O) groups is 1. The molecule has 32 heavy (non-hydrogen) atoms. The van der Waals surface area contributed by atoms with Gasteiger partial charge in [0.25, 0.3) is 5.91 Å². The molecule has 0 bridgehead atoms. The molecule has 2 heterocycles. The minimum absolute atomic E-state index is 0.181. The number of halogens is 2. The van der Waals surface area contributed by atoms with Gasteiger partial charge >= 0.3 is 0 Å². The van der Waals surface area contributed by atoms with Crippen LogP contribution in [0, 0.1) is 5.82 Å². The molecule has 5 rings (SSSR count). The number of hydrogen-bond donors (Lipinski definition) is 1. The Bertz CT molecular complexity index is 1410. The zero-order valence-electron chi connectivity index (χ0n) is 16.8. The lowest BCUT2D eigenvalue weighted by molar-refractivity contribution is -0.115. The number of hydrogen-bond acceptors (Lipinski definition) is 3. The quantitative estimate of drug-likeness (QED) is 0.359. The summed E-state index contributed by atoms with van der Waals surface area (Å²) in [4.78, 5) is 17.4. The maximum atomic E-state index is 13.5. The van der Waals surface area contributed by atoms with Gasteiger partial charge in [-0.1, -0.05) is 35.9 Å². The molecule has 4 nitrogen and oxygen atoms in total. The van der Waals surface area contributed by atoms with Gasteiger partial charge < -0.3 is 9.88 Å². The van der Waals surface area contributed by atoms with E-state index in [2.05, 4.69) is 14.9 Å². The number of amides is 1. The van der Waals surface area contributed by atoms with Crippen LogP contribution in [-0.2, 0) is 11.3 Å². The van der Waals surface area contributed by atoms with Crippen molar-refractivity contribution in [3.05, 3.63) is 106 Å². The van der Waals surface area contributed by atoms with Crippen LogP contribution in [0.2, 0.25) is 5.02 Å². The third-order valence-corrected chi connectivity index (χ3v) is 6.17. The Morgan fingerprint density at radius 1 is 1.06 bits per heavy atom. The van der Waals surface area contributed by atoms with Crippen LogP contribution in [0.15, 0.2) is 88.9 Å². The van der Waals surface area contributed by atoms with Crippen LogP contribution in [0.5, 0.6) is 0 Å². The van der Waals surface area contributed by atoms with Gasteiger partial charge in [-0.2, -0.15) is 0 Å². The number of nitrogens with zero attached hydrogens (tertiary/aromatic N) is 2. The maximum absolute atomic E-state index is 13.5. The monoisotopic (exact) mass is 461 g/mol. The predicted octanol–water partition coefficient (Wildman–Crippen LogP) is 6.37. The molecule has 0 radical (unpaired) electrons. The largest absolute Gasteiger partial charge is 0.343 e. The molecule has 0 aliphatic carbocycles. The summed E-state index contributed by atoms with van der Waals surface area (Å²) < 4.78 is 15.6.